The summed E-state index contributed by atoms with van der Waals surface area (Å²) in [5.74, 6) is 0.974. The van der Waals surface area contributed by atoms with E-state index in [1.54, 1.807) is 6.26 Å². The van der Waals surface area contributed by atoms with Crippen LogP contribution in [0.1, 0.15) is 38.1 Å². The Hall–Kier alpha value is -0.760. The highest BCUT2D eigenvalue weighted by atomic mass is 16.5. The standard InChI is InChI=1S/C10H14O2/c1-8-4-2-5-10(12-8)9-6-3-7-11-9/h3,6-8,10H,2,4-5H2,1H3/t8-,10-/m0/s1. The summed E-state index contributed by atoms with van der Waals surface area (Å²) in [6.07, 6.45) is 5.80. The van der Waals surface area contributed by atoms with Crippen molar-refractivity contribution >= 4 is 0 Å². The molecule has 12 heavy (non-hydrogen) atoms. The van der Waals surface area contributed by atoms with E-state index in [0.717, 1.165) is 12.2 Å². The van der Waals surface area contributed by atoms with Gasteiger partial charge in [0, 0.05) is 0 Å². The predicted molar refractivity (Wildman–Crippen MR) is 45.8 cm³/mol. The summed E-state index contributed by atoms with van der Waals surface area (Å²) in [5.41, 5.74) is 0. The van der Waals surface area contributed by atoms with Gasteiger partial charge in [-0.25, -0.2) is 0 Å². The van der Waals surface area contributed by atoms with Crippen LogP contribution in [-0.4, -0.2) is 6.10 Å². The van der Waals surface area contributed by atoms with Gasteiger partial charge < -0.3 is 9.15 Å². The minimum atomic E-state index is 0.198. The van der Waals surface area contributed by atoms with Crippen LogP contribution in [0.2, 0.25) is 0 Å². The lowest BCUT2D eigenvalue weighted by molar-refractivity contribution is -0.0514. The lowest BCUT2D eigenvalue weighted by atomic mass is 10.0. The summed E-state index contributed by atoms with van der Waals surface area (Å²) in [6.45, 7) is 2.12. The molecular formula is C10H14O2. The fourth-order valence-corrected chi connectivity index (χ4v) is 1.69. The first kappa shape index (κ1) is 7.87. The number of furan rings is 1. The van der Waals surface area contributed by atoms with Gasteiger partial charge in [0.05, 0.1) is 12.4 Å². The van der Waals surface area contributed by atoms with Crippen molar-refractivity contribution in [2.24, 2.45) is 0 Å². The van der Waals surface area contributed by atoms with E-state index in [0.29, 0.717) is 6.10 Å². The van der Waals surface area contributed by atoms with Gasteiger partial charge in [-0.3, -0.25) is 0 Å². The quantitative estimate of drug-likeness (QED) is 0.640. The van der Waals surface area contributed by atoms with Crippen molar-refractivity contribution in [3.05, 3.63) is 24.2 Å². The van der Waals surface area contributed by atoms with Crippen molar-refractivity contribution in [3.63, 3.8) is 0 Å². The van der Waals surface area contributed by atoms with Gasteiger partial charge in [0.2, 0.25) is 0 Å². The highest BCUT2D eigenvalue weighted by Crippen LogP contribution is 2.30. The first-order chi connectivity index (χ1) is 5.86. The van der Waals surface area contributed by atoms with E-state index in [2.05, 4.69) is 6.92 Å². The summed E-state index contributed by atoms with van der Waals surface area (Å²) < 4.78 is 11.0. The molecule has 1 aromatic rings. The third-order valence-electron chi connectivity index (χ3n) is 2.33. The Morgan fingerprint density at radius 2 is 2.33 bits per heavy atom. The Morgan fingerprint density at radius 1 is 1.42 bits per heavy atom. The molecule has 2 heterocycles. The minimum Gasteiger partial charge on any atom is -0.467 e. The third-order valence-corrected chi connectivity index (χ3v) is 2.33. The van der Waals surface area contributed by atoms with E-state index in [9.17, 15) is 0 Å². The van der Waals surface area contributed by atoms with Gasteiger partial charge in [0.1, 0.15) is 11.9 Å². The van der Waals surface area contributed by atoms with Gasteiger partial charge in [0.15, 0.2) is 0 Å². The molecule has 2 nitrogen and oxygen atoms in total. The van der Waals surface area contributed by atoms with Crippen molar-refractivity contribution in [1.82, 2.24) is 0 Å². The Balaban J connectivity index is 2.04. The van der Waals surface area contributed by atoms with Crippen LogP contribution in [0.4, 0.5) is 0 Å². The van der Waals surface area contributed by atoms with Gasteiger partial charge in [-0.15, -0.1) is 0 Å². The maximum Gasteiger partial charge on any atom is 0.132 e. The number of hydrogen-bond acceptors (Lipinski definition) is 2. The van der Waals surface area contributed by atoms with Crippen molar-refractivity contribution in [1.29, 1.82) is 0 Å². The number of hydrogen-bond donors (Lipinski definition) is 0. The van der Waals surface area contributed by atoms with E-state index in [1.165, 1.54) is 12.8 Å². The van der Waals surface area contributed by atoms with Crippen molar-refractivity contribution in [2.45, 2.75) is 38.4 Å². The monoisotopic (exact) mass is 166 g/mol. The second kappa shape index (κ2) is 3.31. The molecule has 2 rings (SSSR count). The molecule has 0 amide bonds. The molecule has 1 aromatic heterocycles. The fraction of sp³-hybridized carbons (Fsp3) is 0.600. The normalized spacial score (nSPS) is 30.4. The van der Waals surface area contributed by atoms with E-state index >= 15 is 0 Å². The Morgan fingerprint density at radius 3 is 3.00 bits per heavy atom. The largest absolute Gasteiger partial charge is 0.467 e. The number of ether oxygens (including phenoxy) is 1. The zero-order valence-corrected chi connectivity index (χ0v) is 7.32. The summed E-state index contributed by atoms with van der Waals surface area (Å²) in [7, 11) is 0. The van der Waals surface area contributed by atoms with Crippen LogP contribution in [0.15, 0.2) is 22.8 Å². The number of rotatable bonds is 1. The predicted octanol–water partition coefficient (Wildman–Crippen LogP) is 2.91. The van der Waals surface area contributed by atoms with Crippen LogP contribution in [-0.2, 0) is 4.74 Å². The molecule has 0 spiro atoms. The van der Waals surface area contributed by atoms with E-state index < -0.39 is 0 Å². The van der Waals surface area contributed by atoms with Crippen molar-refractivity contribution in [3.8, 4) is 0 Å². The molecule has 0 N–H and O–H groups in total. The van der Waals surface area contributed by atoms with Crippen molar-refractivity contribution < 1.29 is 9.15 Å². The second-order valence-corrected chi connectivity index (χ2v) is 3.38. The van der Waals surface area contributed by atoms with Crippen molar-refractivity contribution in [2.75, 3.05) is 0 Å². The Bertz CT molecular complexity index is 228. The zero-order chi connectivity index (χ0) is 8.39. The summed E-state index contributed by atoms with van der Waals surface area (Å²) >= 11 is 0. The van der Waals surface area contributed by atoms with E-state index in [1.807, 2.05) is 12.1 Å². The Labute approximate surface area is 72.5 Å². The molecule has 0 saturated carbocycles. The molecule has 1 fully saturated rings. The van der Waals surface area contributed by atoms with Crippen LogP contribution in [0.25, 0.3) is 0 Å². The molecule has 0 aromatic carbocycles. The lowest BCUT2D eigenvalue weighted by Gasteiger charge is -2.26. The minimum absolute atomic E-state index is 0.198. The molecule has 0 radical (unpaired) electrons. The van der Waals surface area contributed by atoms with E-state index in [-0.39, 0.29) is 6.10 Å². The first-order valence-electron chi connectivity index (χ1n) is 4.55. The molecule has 0 unspecified atom stereocenters. The summed E-state index contributed by atoms with van der Waals surface area (Å²) in [4.78, 5) is 0. The SMILES string of the molecule is C[C@H]1CCC[C@@H](c2ccco2)O1. The topological polar surface area (TPSA) is 22.4 Å². The maximum absolute atomic E-state index is 5.74. The molecule has 1 aliphatic heterocycles. The van der Waals surface area contributed by atoms with E-state index in [4.69, 9.17) is 9.15 Å². The van der Waals surface area contributed by atoms with Gasteiger partial charge in [-0.05, 0) is 38.3 Å². The molecule has 66 valence electrons. The van der Waals surface area contributed by atoms with Gasteiger partial charge in [-0.1, -0.05) is 0 Å². The van der Waals surface area contributed by atoms with Crippen LogP contribution in [0, 0.1) is 0 Å². The highest BCUT2D eigenvalue weighted by molar-refractivity contribution is 5.02. The summed E-state index contributed by atoms with van der Waals surface area (Å²) in [6, 6.07) is 3.90. The Kier molecular flexibility index (Phi) is 2.17. The molecule has 2 heteroatoms. The van der Waals surface area contributed by atoms with Gasteiger partial charge in [-0.2, -0.15) is 0 Å². The lowest BCUT2D eigenvalue weighted by Crippen LogP contribution is -2.18. The first-order valence-corrected chi connectivity index (χ1v) is 4.55. The van der Waals surface area contributed by atoms with Crippen LogP contribution >= 0.6 is 0 Å². The molecule has 2 atom stereocenters. The third kappa shape index (κ3) is 1.53. The molecular weight excluding hydrogens is 152 g/mol. The van der Waals surface area contributed by atoms with Gasteiger partial charge >= 0.3 is 0 Å². The molecule has 0 aliphatic carbocycles. The second-order valence-electron chi connectivity index (χ2n) is 3.38. The maximum atomic E-state index is 5.74. The molecule has 1 aliphatic rings. The fourth-order valence-electron chi connectivity index (χ4n) is 1.69. The summed E-state index contributed by atoms with van der Waals surface area (Å²) in [5, 5.41) is 0. The van der Waals surface area contributed by atoms with Crippen LogP contribution in [0.5, 0.6) is 0 Å². The zero-order valence-electron chi connectivity index (χ0n) is 7.32. The van der Waals surface area contributed by atoms with Crippen LogP contribution < -0.4 is 0 Å². The average Bonchev–Trinajstić information content (AvgIpc) is 2.56. The average molecular weight is 166 g/mol. The van der Waals surface area contributed by atoms with Gasteiger partial charge in [0.25, 0.3) is 0 Å². The smallest absolute Gasteiger partial charge is 0.132 e. The molecule has 0 bridgehead atoms. The molecule has 1 saturated heterocycles. The van der Waals surface area contributed by atoms with Crippen LogP contribution in [0.3, 0.4) is 0 Å². The highest BCUT2D eigenvalue weighted by Gasteiger charge is 2.22.